The zero-order valence-electron chi connectivity index (χ0n) is 14.8. The highest BCUT2D eigenvalue weighted by atomic mass is 16.5. The summed E-state index contributed by atoms with van der Waals surface area (Å²) in [5, 5.41) is 1.08. The zero-order valence-corrected chi connectivity index (χ0v) is 14.8. The topological polar surface area (TPSA) is 54.6 Å². The minimum absolute atomic E-state index is 0.117. The van der Waals surface area contributed by atoms with Gasteiger partial charge < -0.3 is 19.4 Å². The average molecular weight is 342 g/mol. The number of piperidine rings is 1. The molecule has 0 bridgehead atoms. The highest BCUT2D eigenvalue weighted by Gasteiger charge is 2.44. The quantitative estimate of drug-likeness (QED) is 0.928. The second kappa shape index (κ2) is 6.81. The van der Waals surface area contributed by atoms with Crippen molar-refractivity contribution < 1.29 is 14.3 Å². The number of fused-ring (bicyclic) bond motifs is 1. The molecule has 0 radical (unpaired) electrons. The summed E-state index contributed by atoms with van der Waals surface area (Å²) < 4.78 is 11.4. The fraction of sp³-hybridized carbons (Fsp3) is 0.550. The van der Waals surface area contributed by atoms with Crippen LogP contribution in [-0.2, 0) is 9.47 Å². The van der Waals surface area contributed by atoms with E-state index in [0.717, 1.165) is 61.9 Å². The molecule has 0 saturated carbocycles. The number of aromatic amines is 1. The van der Waals surface area contributed by atoms with Gasteiger partial charge in [-0.15, -0.1) is 0 Å². The first-order valence-corrected chi connectivity index (χ1v) is 9.18. The van der Waals surface area contributed by atoms with E-state index >= 15 is 0 Å². The Morgan fingerprint density at radius 3 is 3.24 bits per heavy atom. The van der Waals surface area contributed by atoms with Crippen LogP contribution in [0.5, 0.6) is 0 Å². The number of amides is 1. The molecule has 134 valence electrons. The normalized spacial score (nSPS) is 26.6. The molecule has 2 aliphatic heterocycles. The maximum Gasteiger partial charge on any atom is 0.253 e. The van der Waals surface area contributed by atoms with Gasteiger partial charge in [-0.1, -0.05) is 0 Å². The number of hydrogen-bond acceptors (Lipinski definition) is 3. The van der Waals surface area contributed by atoms with Gasteiger partial charge in [0.15, 0.2) is 0 Å². The molecule has 25 heavy (non-hydrogen) atoms. The second-order valence-electron chi connectivity index (χ2n) is 7.46. The van der Waals surface area contributed by atoms with Gasteiger partial charge in [0.25, 0.3) is 5.91 Å². The van der Waals surface area contributed by atoms with E-state index in [1.807, 2.05) is 35.4 Å². The van der Waals surface area contributed by atoms with E-state index in [1.54, 1.807) is 7.11 Å². The minimum Gasteiger partial charge on any atom is -0.385 e. The van der Waals surface area contributed by atoms with Crippen molar-refractivity contribution >= 4 is 16.8 Å². The van der Waals surface area contributed by atoms with Gasteiger partial charge in [0.2, 0.25) is 0 Å². The van der Waals surface area contributed by atoms with E-state index in [-0.39, 0.29) is 11.5 Å². The molecule has 2 aromatic rings. The van der Waals surface area contributed by atoms with Gasteiger partial charge in [0, 0.05) is 49.5 Å². The molecule has 1 N–H and O–H groups in total. The molecule has 5 heteroatoms. The van der Waals surface area contributed by atoms with Gasteiger partial charge in [-0.2, -0.15) is 0 Å². The van der Waals surface area contributed by atoms with Crippen LogP contribution in [0.15, 0.2) is 30.5 Å². The lowest BCUT2D eigenvalue weighted by atomic mass is 9.85. The number of likely N-dealkylation sites (tertiary alicyclic amines) is 1. The first-order valence-electron chi connectivity index (χ1n) is 9.18. The third kappa shape index (κ3) is 3.31. The molecule has 0 aliphatic carbocycles. The number of benzene rings is 1. The van der Waals surface area contributed by atoms with Crippen molar-refractivity contribution in [1.29, 1.82) is 0 Å². The van der Waals surface area contributed by atoms with Gasteiger partial charge in [-0.05, 0) is 55.9 Å². The summed E-state index contributed by atoms with van der Waals surface area (Å²) in [5.41, 5.74) is 1.68. The number of carbonyl (C=O) groups excluding carboxylic acids is 1. The Labute approximate surface area is 148 Å². The Kier molecular flexibility index (Phi) is 4.52. The smallest absolute Gasteiger partial charge is 0.253 e. The van der Waals surface area contributed by atoms with Crippen molar-refractivity contribution in [2.24, 2.45) is 5.92 Å². The van der Waals surface area contributed by atoms with E-state index < -0.39 is 0 Å². The molecule has 1 aromatic heterocycles. The van der Waals surface area contributed by atoms with Crippen LogP contribution in [0.2, 0.25) is 0 Å². The van der Waals surface area contributed by atoms with E-state index in [4.69, 9.17) is 9.47 Å². The number of ether oxygens (including phenoxy) is 2. The van der Waals surface area contributed by atoms with Crippen LogP contribution in [0.1, 0.15) is 36.0 Å². The molecular weight excluding hydrogens is 316 g/mol. The largest absolute Gasteiger partial charge is 0.385 e. The van der Waals surface area contributed by atoms with E-state index in [2.05, 4.69) is 4.98 Å². The number of hydrogen-bond donors (Lipinski definition) is 1. The molecule has 2 atom stereocenters. The van der Waals surface area contributed by atoms with Crippen LogP contribution in [0.3, 0.4) is 0 Å². The second-order valence-corrected chi connectivity index (χ2v) is 7.46. The molecule has 1 amide bonds. The van der Waals surface area contributed by atoms with Crippen LogP contribution in [0, 0.1) is 5.92 Å². The van der Waals surface area contributed by atoms with Crippen LogP contribution < -0.4 is 0 Å². The Bertz CT molecular complexity index is 756. The molecule has 1 aromatic carbocycles. The first-order chi connectivity index (χ1) is 12.2. The van der Waals surface area contributed by atoms with E-state index in [9.17, 15) is 4.79 Å². The summed E-state index contributed by atoms with van der Waals surface area (Å²) in [6.45, 7) is 3.10. The molecular formula is C20H26N2O3. The fourth-order valence-electron chi connectivity index (χ4n) is 4.33. The standard InChI is InChI=1S/C20H26N2O3/c1-24-10-6-15-12-20(25-13-15)7-2-9-22(14-20)19(23)17-3-4-18-16(11-17)5-8-21-18/h3-5,8,11,15,21H,2,6-7,9-10,12-14H2,1H3. The summed E-state index contributed by atoms with van der Waals surface area (Å²) in [6, 6.07) is 7.88. The van der Waals surface area contributed by atoms with E-state index in [0.29, 0.717) is 12.5 Å². The number of carbonyl (C=O) groups is 1. The van der Waals surface area contributed by atoms with Gasteiger partial charge in [-0.3, -0.25) is 4.79 Å². The third-order valence-corrected chi connectivity index (χ3v) is 5.64. The third-order valence-electron chi connectivity index (χ3n) is 5.64. The fourth-order valence-corrected chi connectivity index (χ4v) is 4.33. The van der Waals surface area contributed by atoms with E-state index in [1.165, 1.54) is 0 Å². The van der Waals surface area contributed by atoms with Gasteiger partial charge in [0.1, 0.15) is 0 Å². The molecule has 2 unspecified atom stereocenters. The molecule has 2 fully saturated rings. The SMILES string of the molecule is COCCC1COC2(CCCN(C(=O)c3ccc4[nH]ccc4c3)C2)C1. The Morgan fingerprint density at radius 2 is 2.36 bits per heavy atom. The van der Waals surface area contributed by atoms with Crippen molar-refractivity contribution in [3.8, 4) is 0 Å². The molecule has 3 heterocycles. The molecule has 1 spiro atoms. The van der Waals surface area contributed by atoms with Gasteiger partial charge in [-0.25, -0.2) is 0 Å². The number of rotatable bonds is 4. The predicted octanol–water partition coefficient (Wildman–Crippen LogP) is 3.22. The molecule has 5 nitrogen and oxygen atoms in total. The van der Waals surface area contributed by atoms with Crippen LogP contribution in [-0.4, -0.2) is 54.8 Å². The van der Waals surface area contributed by atoms with Crippen molar-refractivity contribution in [3.63, 3.8) is 0 Å². The highest BCUT2D eigenvalue weighted by molar-refractivity contribution is 5.98. The summed E-state index contributed by atoms with van der Waals surface area (Å²) in [7, 11) is 1.74. The van der Waals surface area contributed by atoms with Crippen molar-refractivity contribution in [2.45, 2.75) is 31.3 Å². The maximum atomic E-state index is 13.0. The summed E-state index contributed by atoms with van der Waals surface area (Å²) >= 11 is 0. The first kappa shape index (κ1) is 16.6. The molecule has 2 aliphatic rings. The van der Waals surface area contributed by atoms with Crippen molar-refractivity contribution in [2.75, 3.05) is 33.4 Å². The summed E-state index contributed by atoms with van der Waals surface area (Å²) in [5.74, 6) is 0.664. The Morgan fingerprint density at radius 1 is 1.44 bits per heavy atom. The Balaban J connectivity index is 1.46. The number of aromatic nitrogens is 1. The lowest BCUT2D eigenvalue weighted by Crippen LogP contribution is -2.50. The van der Waals surface area contributed by atoms with Crippen LogP contribution in [0.25, 0.3) is 10.9 Å². The number of methoxy groups -OCH3 is 1. The number of H-pyrrole nitrogens is 1. The maximum absolute atomic E-state index is 13.0. The lowest BCUT2D eigenvalue weighted by Gasteiger charge is -2.40. The number of nitrogens with one attached hydrogen (secondary N) is 1. The molecule has 2 saturated heterocycles. The number of nitrogens with zero attached hydrogens (tertiary/aromatic N) is 1. The van der Waals surface area contributed by atoms with Crippen molar-refractivity contribution in [3.05, 3.63) is 36.0 Å². The summed E-state index contributed by atoms with van der Waals surface area (Å²) in [4.78, 5) is 18.2. The highest BCUT2D eigenvalue weighted by Crippen LogP contribution is 2.39. The Hall–Kier alpha value is -1.85. The summed E-state index contributed by atoms with van der Waals surface area (Å²) in [6.07, 6.45) is 6.04. The zero-order chi connectivity index (χ0) is 17.3. The van der Waals surface area contributed by atoms with Crippen LogP contribution in [0.4, 0.5) is 0 Å². The monoisotopic (exact) mass is 342 g/mol. The minimum atomic E-state index is -0.148. The van der Waals surface area contributed by atoms with Gasteiger partial charge in [0.05, 0.1) is 12.2 Å². The lowest BCUT2D eigenvalue weighted by molar-refractivity contribution is -0.0450. The predicted molar refractivity (Wildman–Crippen MR) is 96.7 cm³/mol. The average Bonchev–Trinajstić information content (AvgIpc) is 3.26. The van der Waals surface area contributed by atoms with Crippen LogP contribution >= 0.6 is 0 Å². The van der Waals surface area contributed by atoms with Crippen molar-refractivity contribution in [1.82, 2.24) is 9.88 Å². The molecule has 4 rings (SSSR count). The van der Waals surface area contributed by atoms with Gasteiger partial charge >= 0.3 is 0 Å².